The van der Waals surface area contributed by atoms with Gasteiger partial charge in [-0.15, -0.1) is 24.2 Å². The van der Waals surface area contributed by atoms with Crippen molar-refractivity contribution in [1.82, 2.24) is 0 Å². The van der Waals surface area contributed by atoms with E-state index in [2.05, 4.69) is 5.32 Å². The van der Waals surface area contributed by atoms with Gasteiger partial charge in [0, 0.05) is 10.6 Å². The molecule has 0 radical (unpaired) electrons. The van der Waals surface area contributed by atoms with Crippen molar-refractivity contribution in [2.75, 3.05) is 11.6 Å². The van der Waals surface area contributed by atoms with Gasteiger partial charge in [-0.05, 0) is 37.8 Å². The Morgan fingerprint density at radius 2 is 2.16 bits per heavy atom. The van der Waals surface area contributed by atoms with E-state index in [1.54, 1.807) is 24.8 Å². The first-order valence-electron chi connectivity index (χ1n) is 5.84. The molecule has 0 spiro atoms. The van der Waals surface area contributed by atoms with E-state index in [-0.39, 0.29) is 18.3 Å². The molecule has 0 fully saturated rings. The molecule has 0 saturated carbocycles. The first-order chi connectivity index (χ1) is 8.40. The lowest BCUT2D eigenvalue weighted by molar-refractivity contribution is -0.120. The van der Waals surface area contributed by atoms with Gasteiger partial charge >= 0.3 is 0 Å². The predicted octanol–water partition coefficient (Wildman–Crippen LogP) is 3.94. The van der Waals surface area contributed by atoms with Crippen LogP contribution in [-0.2, 0) is 4.79 Å². The fourth-order valence-corrected chi connectivity index (χ4v) is 2.52. The standard InChI is InChI=1S/C13H19ClN2OS.ClH/c1-4-7-13(2,15)12(17)16-9-5-6-11(18-3)10(14)8-9;/h5-6,8H,4,7,15H2,1-3H3,(H,16,17);1H. The summed E-state index contributed by atoms with van der Waals surface area (Å²) in [4.78, 5) is 13.0. The van der Waals surface area contributed by atoms with Gasteiger partial charge in [-0.1, -0.05) is 24.9 Å². The average Bonchev–Trinajstić information content (AvgIpc) is 2.29. The first kappa shape index (κ1) is 18.6. The molecule has 0 aliphatic carbocycles. The number of rotatable bonds is 5. The molecule has 0 saturated heterocycles. The van der Waals surface area contributed by atoms with E-state index in [0.717, 1.165) is 11.3 Å². The number of anilines is 1. The highest BCUT2D eigenvalue weighted by Crippen LogP contribution is 2.28. The van der Waals surface area contributed by atoms with Gasteiger partial charge < -0.3 is 11.1 Å². The molecule has 0 heterocycles. The van der Waals surface area contributed by atoms with Gasteiger partial charge in [0.25, 0.3) is 0 Å². The summed E-state index contributed by atoms with van der Waals surface area (Å²) in [5.74, 6) is -0.183. The van der Waals surface area contributed by atoms with Crippen LogP contribution in [0.4, 0.5) is 5.69 Å². The zero-order valence-electron chi connectivity index (χ0n) is 11.3. The van der Waals surface area contributed by atoms with Gasteiger partial charge in [0.1, 0.15) is 0 Å². The summed E-state index contributed by atoms with van der Waals surface area (Å²) >= 11 is 7.65. The number of nitrogens with two attached hydrogens (primary N) is 1. The normalized spacial score (nSPS) is 13.3. The van der Waals surface area contributed by atoms with Crippen LogP contribution in [0.15, 0.2) is 23.1 Å². The maximum absolute atomic E-state index is 12.0. The number of hydrogen-bond donors (Lipinski definition) is 2. The number of halogens is 2. The quantitative estimate of drug-likeness (QED) is 0.807. The first-order valence-corrected chi connectivity index (χ1v) is 7.45. The fourth-order valence-electron chi connectivity index (χ4n) is 1.65. The smallest absolute Gasteiger partial charge is 0.244 e. The summed E-state index contributed by atoms with van der Waals surface area (Å²) in [5.41, 5.74) is 5.79. The number of carbonyl (C=O) groups is 1. The third kappa shape index (κ3) is 5.22. The van der Waals surface area contributed by atoms with Crippen molar-refractivity contribution in [2.24, 2.45) is 5.73 Å². The molecule has 0 aliphatic heterocycles. The molecular formula is C13H20Cl2N2OS. The molecule has 0 aliphatic rings. The van der Waals surface area contributed by atoms with Crippen molar-refractivity contribution < 1.29 is 4.79 Å². The Morgan fingerprint density at radius 3 is 2.63 bits per heavy atom. The second-order valence-corrected chi connectivity index (χ2v) is 5.73. The molecule has 1 atom stereocenters. The van der Waals surface area contributed by atoms with Crippen LogP contribution in [0.25, 0.3) is 0 Å². The molecule has 108 valence electrons. The summed E-state index contributed by atoms with van der Waals surface area (Å²) in [6.45, 7) is 3.74. The minimum absolute atomic E-state index is 0. The lowest BCUT2D eigenvalue weighted by atomic mass is 9.96. The minimum Gasteiger partial charge on any atom is -0.324 e. The molecule has 1 amide bonds. The molecule has 1 aromatic carbocycles. The number of thioether (sulfide) groups is 1. The number of carbonyl (C=O) groups excluding carboxylic acids is 1. The largest absolute Gasteiger partial charge is 0.324 e. The number of hydrogen-bond acceptors (Lipinski definition) is 3. The minimum atomic E-state index is -0.848. The third-order valence-corrected chi connectivity index (χ3v) is 3.92. The second kappa shape index (κ2) is 8.00. The summed E-state index contributed by atoms with van der Waals surface area (Å²) in [7, 11) is 0. The van der Waals surface area contributed by atoms with Gasteiger partial charge in [0.05, 0.1) is 10.6 Å². The fraction of sp³-hybridized carbons (Fsp3) is 0.462. The molecule has 3 nitrogen and oxygen atoms in total. The van der Waals surface area contributed by atoms with Crippen molar-refractivity contribution in [2.45, 2.75) is 37.1 Å². The molecule has 1 aromatic rings. The monoisotopic (exact) mass is 322 g/mol. The summed E-state index contributed by atoms with van der Waals surface area (Å²) in [6, 6.07) is 5.46. The average molecular weight is 323 g/mol. The summed E-state index contributed by atoms with van der Waals surface area (Å²) in [5, 5.41) is 3.44. The van der Waals surface area contributed by atoms with Crippen LogP contribution in [0, 0.1) is 0 Å². The lowest BCUT2D eigenvalue weighted by Crippen LogP contribution is -2.48. The van der Waals surface area contributed by atoms with E-state index in [4.69, 9.17) is 17.3 Å². The van der Waals surface area contributed by atoms with E-state index in [1.165, 1.54) is 0 Å². The van der Waals surface area contributed by atoms with E-state index < -0.39 is 5.54 Å². The van der Waals surface area contributed by atoms with E-state index in [0.29, 0.717) is 17.1 Å². The molecular weight excluding hydrogens is 303 g/mol. The van der Waals surface area contributed by atoms with Gasteiger partial charge in [0.2, 0.25) is 5.91 Å². The van der Waals surface area contributed by atoms with Crippen molar-refractivity contribution >= 4 is 47.4 Å². The predicted molar refractivity (Wildman–Crippen MR) is 86.6 cm³/mol. The van der Waals surface area contributed by atoms with Crippen LogP contribution in [0.5, 0.6) is 0 Å². The van der Waals surface area contributed by atoms with Crippen LogP contribution in [0.3, 0.4) is 0 Å². The Bertz CT molecular complexity index is 439. The van der Waals surface area contributed by atoms with Crippen LogP contribution < -0.4 is 11.1 Å². The topological polar surface area (TPSA) is 55.1 Å². The number of amides is 1. The van der Waals surface area contributed by atoms with E-state index >= 15 is 0 Å². The molecule has 1 rings (SSSR count). The number of nitrogens with one attached hydrogen (secondary N) is 1. The molecule has 0 aromatic heterocycles. The highest BCUT2D eigenvalue weighted by Gasteiger charge is 2.27. The molecule has 19 heavy (non-hydrogen) atoms. The van der Waals surface area contributed by atoms with E-state index in [1.807, 2.05) is 25.3 Å². The third-order valence-electron chi connectivity index (χ3n) is 2.70. The van der Waals surface area contributed by atoms with Crippen molar-refractivity contribution in [3.63, 3.8) is 0 Å². The molecule has 1 unspecified atom stereocenters. The van der Waals surface area contributed by atoms with Crippen LogP contribution in [0.1, 0.15) is 26.7 Å². The van der Waals surface area contributed by atoms with Crippen molar-refractivity contribution in [3.05, 3.63) is 23.2 Å². The van der Waals surface area contributed by atoms with Crippen molar-refractivity contribution in [3.8, 4) is 0 Å². The lowest BCUT2D eigenvalue weighted by Gasteiger charge is -2.23. The van der Waals surface area contributed by atoms with Crippen LogP contribution >= 0.6 is 35.8 Å². The highest BCUT2D eigenvalue weighted by atomic mass is 35.5. The van der Waals surface area contributed by atoms with Crippen molar-refractivity contribution in [1.29, 1.82) is 0 Å². The molecule has 6 heteroatoms. The van der Waals surface area contributed by atoms with Gasteiger partial charge in [-0.25, -0.2) is 0 Å². The summed E-state index contributed by atoms with van der Waals surface area (Å²) in [6.07, 6.45) is 3.47. The Hall–Kier alpha value is -0.420. The summed E-state index contributed by atoms with van der Waals surface area (Å²) < 4.78 is 0. The van der Waals surface area contributed by atoms with Gasteiger partial charge in [-0.2, -0.15) is 0 Å². The second-order valence-electron chi connectivity index (χ2n) is 4.47. The molecule has 0 bridgehead atoms. The van der Waals surface area contributed by atoms with Crippen LogP contribution in [-0.4, -0.2) is 17.7 Å². The maximum Gasteiger partial charge on any atom is 0.244 e. The maximum atomic E-state index is 12.0. The Labute approximate surface area is 130 Å². The van der Waals surface area contributed by atoms with Gasteiger partial charge in [0.15, 0.2) is 0 Å². The Balaban J connectivity index is 0.00000324. The van der Waals surface area contributed by atoms with E-state index in [9.17, 15) is 4.79 Å². The zero-order chi connectivity index (χ0) is 13.8. The Kier molecular flexibility index (Phi) is 7.82. The Morgan fingerprint density at radius 1 is 1.53 bits per heavy atom. The molecule has 3 N–H and O–H groups in total. The SMILES string of the molecule is CCCC(C)(N)C(=O)Nc1ccc(SC)c(Cl)c1.Cl. The van der Waals surface area contributed by atoms with Crippen LogP contribution in [0.2, 0.25) is 5.02 Å². The highest BCUT2D eigenvalue weighted by molar-refractivity contribution is 7.98. The zero-order valence-corrected chi connectivity index (χ0v) is 13.7. The van der Waals surface area contributed by atoms with Gasteiger partial charge in [-0.3, -0.25) is 4.79 Å². The number of benzene rings is 1.